The normalized spacial score (nSPS) is 14.3. The Hall–Kier alpha value is -1.99. The molecule has 0 fully saturated rings. The van der Waals surface area contributed by atoms with Crippen molar-refractivity contribution >= 4 is 62.0 Å². The molecule has 0 bridgehead atoms. The van der Waals surface area contributed by atoms with Crippen LogP contribution in [0.5, 0.6) is 0 Å². The van der Waals surface area contributed by atoms with E-state index in [1.807, 2.05) is 24.4 Å². The molecule has 0 radical (unpaired) electrons. The van der Waals surface area contributed by atoms with E-state index < -0.39 is 0 Å². The second-order valence-electron chi connectivity index (χ2n) is 6.71. The summed E-state index contributed by atoms with van der Waals surface area (Å²) in [4.78, 5) is 4.74. The van der Waals surface area contributed by atoms with Crippen LogP contribution in [0.2, 0.25) is 5.02 Å². The van der Waals surface area contributed by atoms with Crippen molar-refractivity contribution in [2.24, 2.45) is 7.05 Å². The van der Waals surface area contributed by atoms with Crippen LogP contribution in [0.1, 0.15) is 11.4 Å². The average molecular weight is 435 g/mol. The van der Waals surface area contributed by atoms with Crippen LogP contribution >= 0.6 is 35.3 Å². The maximum atomic E-state index is 14.5. The van der Waals surface area contributed by atoms with E-state index in [2.05, 4.69) is 16.5 Å². The van der Waals surface area contributed by atoms with Crippen molar-refractivity contribution in [3.05, 3.63) is 52.4 Å². The van der Waals surface area contributed by atoms with E-state index in [9.17, 15) is 4.39 Å². The van der Waals surface area contributed by atoms with Gasteiger partial charge in [-0.05, 0) is 53.9 Å². The fourth-order valence-corrected chi connectivity index (χ4v) is 4.91. The molecule has 2 aromatic carbocycles. The zero-order chi connectivity index (χ0) is 18.5. The Kier molecular flexibility index (Phi) is 5.14. The molecule has 1 aliphatic heterocycles. The van der Waals surface area contributed by atoms with Crippen molar-refractivity contribution in [2.75, 3.05) is 13.1 Å². The Balaban J connectivity index is 0.00000192. The van der Waals surface area contributed by atoms with Gasteiger partial charge in [0.05, 0.1) is 9.72 Å². The quantitative estimate of drug-likeness (QED) is 0.456. The number of halogens is 3. The van der Waals surface area contributed by atoms with E-state index in [-0.39, 0.29) is 18.2 Å². The summed E-state index contributed by atoms with van der Waals surface area (Å²) >= 11 is 8.17. The SMILES string of the molecule is Cl.Cn1cc2cc(-c3cc(Cl)c4nc(C5=CCNCC5)sc4c3)cc(F)c2n1. The van der Waals surface area contributed by atoms with Crippen molar-refractivity contribution in [1.29, 1.82) is 0 Å². The number of aryl methyl sites for hydroxylation is 1. The fraction of sp³-hybridized carbons (Fsp3) is 0.200. The van der Waals surface area contributed by atoms with Gasteiger partial charge in [0.15, 0.2) is 5.82 Å². The van der Waals surface area contributed by atoms with Crippen LogP contribution in [0.4, 0.5) is 4.39 Å². The van der Waals surface area contributed by atoms with Crippen molar-refractivity contribution in [1.82, 2.24) is 20.1 Å². The molecule has 144 valence electrons. The van der Waals surface area contributed by atoms with Crippen LogP contribution in [-0.4, -0.2) is 27.9 Å². The van der Waals surface area contributed by atoms with Gasteiger partial charge in [0.1, 0.15) is 16.0 Å². The number of rotatable bonds is 2. The fourth-order valence-electron chi connectivity index (χ4n) is 3.49. The van der Waals surface area contributed by atoms with Crippen molar-refractivity contribution in [2.45, 2.75) is 6.42 Å². The van der Waals surface area contributed by atoms with Gasteiger partial charge in [0.25, 0.3) is 0 Å². The first-order valence-corrected chi connectivity index (χ1v) is 9.91. The molecule has 0 aliphatic carbocycles. The zero-order valence-corrected chi connectivity index (χ0v) is 17.4. The molecule has 0 spiro atoms. The van der Waals surface area contributed by atoms with Crippen LogP contribution in [0.25, 0.3) is 37.8 Å². The van der Waals surface area contributed by atoms with E-state index in [0.717, 1.165) is 51.2 Å². The Morgan fingerprint density at radius 2 is 2.00 bits per heavy atom. The summed E-state index contributed by atoms with van der Waals surface area (Å²) in [5.74, 6) is -0.329. The molecule has 1 N–H and O–H groups in total. The second kappa shape index (κ2) is 7.44. The number of nitrogens with zero attached hydrogens (tertiary/aromatic N) is 3. The van der Waals surface area contributed by atoms with Gasteiger partial charge in [0, 0.05) is 25.2 Å². The third-order valence-electron chi connectivity index (χ3n) is 4.80. The third kappa shape index (κ3) is 3.31. The lowest BCUT2D eigenvalue weighted by atomic mass is 10.0. The van der Waals surface area contributed by atoms with Gasteiger partial charge in [-0.15, -0.1) is 23.7 Å². The summed E-state index contributed by atoms with van der Waals surface area (Å²) in [5, 5.41) is 9.85. The minimum absolute atomic E-state index is 0. The highest BCUT2D eigenvalue weighted by atomic mass is 35.5. The molecular formula is C20H17Cl2FN4S. The molecule has 4 aromatic rings. The third-order valence-corrected chi connectivity index (χ3v) is 6.16. The summed E-state index contributed by atoms with van der Waals surface area (Å²) in [6.45, 7) is 1.83. The van der Waals surface area contributed by atoms with Gasteiger partial charge in [-0.1, -0.05) is 17.7 Å². The maximum Gasteiger partial charge on any atom is 0.151 e. The predicted octanol–water partition coefficient (Wildman–Crippen LogP) is 5.44. The van der Waals surface area contributed by atoms with Crippen LogP contribution < -0.4 is 5.32 Å². The summed E-state index contributed by atoms with van der Waals surface area (Å²) < 4.78 is 17.1. The number of aromatic nitrogens is 3. The predicted molar refractivity (Wildman–Crippen MR) is 117 cm³/mol. The number of hydrogen-bond acceptors (Lipinski definition) is 4. The largest absolute Gasteiger partial charge is 0.313 e. The molecule has 28 heavy (non-hydrogen) atoms. The van der Waals surface area contributed by atoms with Crippen LogP contribution in [0.3, 0.4) is 0 Å². The first kappa shape index (κ1) is 19.3. The monoisotopic (exact) mass is 434 g/mol. The number of fused-ring (bicyclic) bond motifs is 2. The highest BCUT2D eigenvalue weighted by molar-refractivity contribution is 7.19. The van der Waals surface area contributed by atoms with Gasteiger partial charge in [-0.3, -0.25) is 4.68 Å². The van der Waals surface area contributed by atoms with Crippen molar-refractivity contribution < 1.29 is 4.39 Å². The Bertz CT molecular complexity index is 1230. The van der Waals surface area contributed by atoms with Gasteiger partial charge < -0.3 is 5.32 Å². The Morgan fingerprint density at radius 1 is 1.18 bits per heavy atom. The lowest BCUT2D eigenvalue weighted by molar-refractivity contribution is 0.633. The van der Waals surface area contributed by atoms with Gasteiger partial charge >= 0.3 is 0 Å². The van der Waals surface area contributed by atoms with E-state index >= 15 is 0 Å². The number of hydrogen-bond donors (Lipinski definition) is 1. The molecule has 2 aromatic heterocycles. The first-order valence-electron chi connectivity index (χ1n) is 8.72. The van der Waals surface area contributed by atoms with Gasteiger partial charge in [0.2, 0.25) is 0 Å². The number of thiazole rings is 1. The van der Waals surface area contributed by atoms with Crippen LogP contribution in [-0.2, 0) is 7.05 Å². The molecule has 0 amide bonds. The molecule has 0 atom stereocenters. The van der Waals surface area contributed by atoms with E-state index in [0.29, 0.717) is 10.5 Å². The Morgan fingerprint density at radius 3 is 2.79 bits per heavy atom. The molecule has 1 aliphatic rings. The maximum absolute atomic E-state index is 14.5. The van der Waals surface area contributed by atoms with E-state index in [1.165, 1.54) is 11.6 Å². The second-order valence-corrected chi connectivity index (χ2v) is 8.14. The Labute approximate surface area is 176 Å². The van der Waals surface area contributed by atoms with Crippen LogP contribution in [0, 0.1) is 5.82 Å². The van der Waals surface area contributed by atoms with Crippen molar-refractivity contribution in [3.8, 4) is 11.1 Å². The lowest BCUT2D eigenvalue weighted by Gasteiger charge is -2.10. The van der Waals surface area contributed by atoms with E-state index in [1.54, 1.807) is 23.1 Å². The molecule has 0 saturated heterocycles. The molecular weight excluding hydrogens is 418 g/mol. The average Bonchev–Trinajstić information content (AvgIpc) is 3.26. The summed E-state index contributed by atoms with van der Waals surface area (Å²) in [6, 6.07) is 7.37. The molecule has 3 heterocycles. The summed E-state index contributed by atoms with van der Waals surface area (Å²) in [7, 11) is 1.79. The smallest absolute Gasteiger partial charge is 0.151 e. The highest BCUT2D eigenvalue weighted by Gasteiger charge is 2.16. The molecule has 5 rings (SSSR count). The van der Waals surface area contributed by atoms with Crippen LogP contribution in [0.15, 0.2) is 36.5 Å². The number of nitrogens with one attached hydrogen (secondary N) is 1. The van der Waals surface area contributed by atoms with E-state index in [4.69, 9.17) is 16.6 Å². The van der Waals surface area contributed by atoms with Gasteiger partial charge in [-0.2, -0.15) is 5.10 Å². The molecule has 0 saturated carbocycles. The zero-order valence-electron chi connectivity index (χ0n) is 15.0. The van der Waals surface area contributed by atoms with Crippen molar-refractivity contribution in [3.63, 3.8) is 0 Å². The summed E-state index contributed by atoms with van der Waals surface area (Å²) in [5.41, 5.74) is 4.11. The molecule has 8 heteroatoms. The minimum atomic E-state index is -0.329. The molecule has 0 unspecified atom stereocenters. The highest BCUT2D eigenvalue weighted by Crippen LogP contribution is 2.37. The topological polar surface area (TPSA) is 42.7 Å². The summed E-state index contributed by atoms with van der Waals surface area (Å²) in [6.07, 6.45) is 4.96. The standard InChI is InChI=1S/C20H16ClFN4S.ClH/c1-26-10-14-6-12(8-16(22)18(14)25-26)13-7-15(21)19-17(9-13)27-20(24-19)11-2-4-23-5-3-11;/h2,6-10,23H,3-5H2,1H3;1H. The molecule has 4 nitrogen and oxygen atoms in total. The minimum Gasteiger partial charge on any atom is -0.313 e. The van der Waals surface area contributed by atoms with Gasteiger partial charge in [-0.25, -0.2) is 9.37 Å². The first-order chi connectivity index (χ1) is 13.1. The number of benzene rings is 2. The lowest BCUT2D eigenvalue weighted by Crippen LogP contribution is -2.19.